The number of aliphatic hydroxyl groups excluding tert-OH is 1. The number of likely N-dealkylation sites (tertiary alicyclic amines) is 1. The third-order valence-corrected chi connectivity index (χ3v) is 5.56. The first kappa shape index (κ1) is 24.0. The van der Waals surface area contributed by atoms with Crippen LogP contribution in [-0.2, 0) is 9.59 Å². The number of aliphatic hydroxyl groups is 1. The van der Waals surface area contributed by atoms with Gasteiger partial charge in [-0.05, 0) is 43.2 Å². The van der Waals surface area contributed by atoms with Crippen LogP contribution in [0.2, 0.25) is 0 Å². The van der Waals surface area contributed by atoms with Gasteiger partial charge in [0, 0.05) is 12.6 Å². The van der Waals surface area contributed by atoms with E-state index in [0.29, 0.717) is 36.6 Å². The zero-order valence-corrected chi connectivity index (χ0v) is 19.3. The maximum absolute atomic E-state index is 13.1. The number of phenolic OH excluding ortho intramolecular Hbond substituents is 1. The molecule has 8 heteroatoms. The molecule has 0 bridgehead atoms. The summed E-state index contributed by atoms with van der Waals surface area (Å²) in [7, 11) is 2.95. The fraction of sp³-hybridized carbons (Fsp3) is 0.360. The summed E-state index contributed by atoms with van der Waals surface area (Å²) in [5, 5.41) is 21.4. The van der Waals surface area contributed by atoms with Crippen molar-refractivity contribution >= 4 is 17.4 Å². The lowest BCUT2D eigenvalue weighted by molar-refractivity contribution is -0.139. The van der Waals surface area contributed by atoms with Gasteiger partial charge in [0.25, 0.3) is 11.7 Å². The Kier molecular flexibility index (Phi) is 7.48. The van der Waals surface area contributed by atoms with Gasteiger partial charge in [0.15, 0.2) is 11.5 Å². The number of ether oxygens (including phenoxy) is 3. The molecule has 33 heavy (non-hydrogen) atoms. The zero-order chi connectivity index (χ0) is 24.1. The van der Waals surface area contributed by atoms with E-state index >= 15 is 0 Å². The number of benzene rings is 2. The van der Waals surface area contributed by atoms with Crippen molar-refractivity contribution in [2.45, 2.75) is 32.7 Å². The summed E-state index contributed by atoms with van der Waals surface area (Å²) < 4.78 is 16.1. The number of rotatable bonds is 9. The summed E-state index contributed by atoms with van der Waals surface area (Å²) in [5.41, 5.74) is 0.758. The Morgan fingerprint density at radius 3 is 2.42 bits per heavy atom. The largest absolute Gasteiger partial charge is 0.507 e. The molecule has 1 atom stereocenters. The summed E-state index contributed by atoms with van der Waals surface area (Å²) >= 11 is 0. The van der Waals surface area contributed by atoms with Crippen molar-refractivity contribution in [1.29, 1.82) is 0 Å². The van der Waals surface area contributed by atoms with E-state index in [-0.39, 0.29) is 28.4 Å². The Balaban J connectivity index is 2.22. The minimum Gasteiger partial charge on any atom is -0.507 e. The first-order valence-corrected chi connectivity index (χ1v) is 10.8. The first-order valence-electron chi connectivity index (χ1n) is 10.8. The van der Waals surface area contributed by atoms with Gasteiger partial charge in [-0.1, -0.05) is 19.4 Å². The van der Waals surface area contributed by atoms with Crippen molar-refractivity contribution in [3.05, 3.63) is 53.1 Å². The molecule has 1 heterocycles. The molecule has 2 aromatic rings. The van der Waals surface area contributed by atoms with Gasteiger partial charge in [-0.25, -0.2) is 0 Å². The van der Waals surface area contributed by atoms with Crippen LogP contribution in [0.4, 0.5) is 0 Å². The van der Waals surface area contributed by atoms with Gasteiger partial charge < -0.3 is 29.3 Å². The van der Waals surface area contributed by atoms with Crippen molar-refractivity contribution in [1.82, 2.24) is 4.90 Å². The number of hydrogen-bond donors (Lipinski definition) is 2. The molecule has 1 aliphatic heterocycles. The predicted molar refractivity (Wildman–Crippen MR) is 123 cm³/mol. The van der Waals surface area contributed by atoms with E-state index in [1.807, 2.05) is 6.92 Å². The molecule has 1 fully saturated rings. The number of aromatic hydroxyl groups is 1. The van der Waals surface area contributed by atoms with Gasteiger partial charge in [0.1, 0.15) is 17.3 Å². The molecule has 2 aromatic carbocycles. The van der Waals surface area contributed by atoms with Crippen LogP contribution in [0.5, 0.6) is 23.0 Å². The average Bonchev–Trinajstić information content (AvgIpc) is 3.08. The molecule has 1 aliphatic rings. The molecule has 0 spiro atoms. The van der Waals surface area contributed by atoms with E-state index in [1.54, 1.807) is 37.3 Å². The second-order valence-electron chi connectivity index (χ2n) is 7.57. The molecule has 8 nitrogen and oxygen atoms in total. The van der Waals surface area contributed by atoms with Crippen molar-refractivity contribution in [3.8, 4) is 23.0 Å². The van der Waals surface area contributed by atoms with Crippen LogP contribution in [0, 0.1) is 0 Å². The summed E-state index contributed by atoms with van der Waals surface area (Å²) in [6, 6.07) is 8.61. The lowest BCUT2D eigenvalue weighted by atomic mass is 9.94. The minimum absolute atomic E-state index is 0.0484. The summed E-state index contributed by atoms with van der Waals surface area (Å²) in [4.78, 5) is 27.5. The monoisotopic (exact) mass is 455 g/mol. The predicted octanol–water partition coefficient (Wildman–Crippen LogP) is 4.03. The van der Waals surface area contributed by atoms with E-state index in [1.165, 1.54) is 25.2 Å². The van der Waals surface area contributed by atoms with Crippen molar-refractivity contribution < 1.29 is 34.0 Å². The maximum atomic E-state index is 13.1. The summed E-state index contributed by atoms with van der Waals surface area (Å²) in [6.07, 6.45) is 1.51. The van der Waals surface area contributed by atoms with E-state index in [2.05, 4.69) is 0 Å². The second kappa shape index (κ2) is 10.3. The number of Topliss-reactive ketones (excluding diaryl/α,β-unsaturated/α-hetero) is 1. The Hall–Kier alpha value is -3.68. The quantitative estimate of drug-likeness (QED) is 0.334. The van der Waals surface area contributed by atoms with E-state index in [9.17, 15) is 19.8 Å². The molecule has 1 unspecified atom stereocenters. The fourth-order valence-corrected chi connectivity index (χ4v) is 3.90. The topological polar surface area (TPSA) is 106 Å². The number of methoxy groups -OCH3 is 2. The van der Waals surface area contributed by atoms with E-state index < -0.39 is 17.7 Å². The first-order chi connectivity index (χ1) is 15.9. The van der Waals surface area contributed by atoms with E-state index in [4.69, 9.17) is 14.2 Å². The Labute approximate surface area is 193 Å². The number of ketones is 1. The van der Waals surface area contributed by atoms with Crippen molar-refractivity contribution in [2.24, 2.45) is 0 Å². The van der Waals surface area contributed by atoms with Crippen LogP contribution in [0.25, 0.3) is 5.76 Å². The minimum atomic E-state index is -0.844. The highest BCUT2D eigenvalue weighted by molar-refractivity contribution is 6.46. The van der Waals surface area contributed by atoms with Crippen LogP contribution in [0.3, 0.4) is 0 Å². The number of nitrogens with zero attached hydrogens (tertiary/aromatic N) is 1. The van der Waals surface area contributed by atoms with Gasteiger partial charge in [-0.3, -0.25) is 9.59 Å². The Morgan fingerprint density at radius 1 is 1.03 bits per heavy atom. The molecule has 0 aromatic heterocycles. The summed E-state index contributed by atoms with van der Waals surface area (Å²) in [5.74, 6) is -0.816. The van der Waals surface area contributed by atoms with Crippen molar-refractivity contribution in [2.75, 3.05) is 27.4 Å². The number of carbonyl (C=O) groups excluding carboxylic acids is 2. The lowest BCUT2D eigenvalue weighted by Gasteiger charge is -2.26. The highest BCUT2D eigenvalue weighted by Crippen LogP contribution is 2.43. The molecule has 2 N–H and O–H groups in total. The molecule has 3 rings (SSSR count). The van der Waals surface area contributed by atoms with Crippen LogP contribution in [-0.4, -0.2) is 54.2 Å². The Morgan fingerprint density at radius 2 is 1.79 bits per heavy atom. The average molecular weight is 456 g/mol. The molecular weight excluding hydrogens is 426 g/mol. The van der Waals surface area contributed by atoms with Crippen LogP contribution in [0.15, 0.2) is 42.0 Å². The number of phenols is 1. The molecular formula is C25H29NO7. The van der Waals surface area contributed by atoms with Gasteiger partial charge in [0.2, 0.25) is 0 Å². The van der Waals surface area contributed by atoms with Crippen molar-refractivity contribution in [3.63, 3.8) is 0 Å². The molecule has 176 valence electrons. The van der Waals surface area contributed by atoms with Crippen LogP contribution in [0.1, 0.15) is 43.9 Å². The lowest BCUT2D eigenvalue weighted by Crippen LogP contribution is -2.30. The SMILES string of the molecule is CCCCN1C(=O)C(=O)/C(=C(/O)c2ccc(OC)cc2OC)C1c1ccc(O)c(OCC)c1. The van der Waals surface area contributed by atoms with Gasteiger partial charge in [-0.15, -0.1) is 0 Å². The zero-order valence-electron chi connectivity index (χ0n) is 19.3. The Bertz CT molecular complexity index is 1080. The molecule has 0 saturated carbocycles. The number of hydrogen-bond acceptors (Lipinski definition) is 7. The number of unbranched alkanes of at least 4 members (excludes halogenated alkanes) is 1. The second-order valence-corrected chi connectivity index (χ2v) is 7.57. The van der Waals surface area contributed by atoms with Crippen LogP contribution < -0.4 is 14.2 Å². The summed E-state index contributed by atoms with van der Waals surface area (Å²) in [6.45, 7) is 4.44. The number of amides is 1. The van der Waals surface area contributed by atoms with Gasteiger partial charge in [0.05, 0.1) is 38.0 Å². The van der Waals surface area contributed by atoms with Gasteiger partial charge >= 0.3 is 0 Å². The van der Waals surface area contributed by atoms with Gasteiger partial charge in [-0.2, -0.15) is 0 Å². The molecule has 0 radical (unpaired) electrons. The third-order valence-electron chi connectivity index (χ3n) is 5.56. The highest BCUT2D eigenvalue weighted by Gasteiger charge is 2.46. The molecule has 0 aliphatic carbocycles. The van der Waals surface area contributed by atoms with Crippen LogP contribution >= 0.6 is 0 Å². The highest BCUT2D eigenvalue weighted by atomic mass is 16.5. The molecule has 1 amide bonds. The normalized spacial score (nSPS) is 17.3. The fourth-order valence-electron chi connectivity index (χ4n) is 3.90. The molecule has 1 saturated heterocycles. The number of carbonyl (C=O) groups is 2. The maximum Gasteiger partial charge on any atom is 0.295 e. The standard InChI is InChI=1S/C25H29NO7/c1-5-7-12-26-22(15-8-11-18(27)20(13-15)33-6-2)21(24(29)25(26)30)23(28)17-10-9-16(31-3)14-19(17)32-4/h8-11,13-14,22,27-28H,5-7,12H2,1-4H3/b23-21+. The third kappa shape index (κ3) is 4.60. The van der Waals surface area contributed by atoms with E-state index in [0.717, 1.165) is 6.42 Å². The smallest absolute Gasteiger partial charge is 0.295 e.